The standard InChI is InChI=1S/C16H12FN7O2S/c17-12-4-6-15(7-5-12)27(25,26)22-14-3-1-2-13(8-14)19-10-11(9-18)16-20-23-24-21-16/h1-8,10,19,22H,(H,20,21,23,24). The highest BCUT2D eigenvalue weighted by atomic mass is 32.2. The number of sulfonamides is 1. The Morgan fingerprint density at radius 3 is 2.59 bits per heavy atom. The molecule has 0 atom stereocenters. The monoisotopic (exact) mass is 385 g/mol. The Hall–Kier alpha value is -3.78. The molecular formula is C16H12FN7O2S. The van der Waals surface area contributed by atoms with Gasteiger partial charge in [-0.15, -0.1) is 10.2 Å². The number of anilines is 2. The number of aromatic amines is 1. The summed E-state index contributed by atoms with van der Waals surface area (Å²) in [6, 6.07) is 12.8. The van der Waals surface area contributed by atoms with Gasteiger partial charge in [-0.3, -0.25) is 4.72 Å². The van der Waals surface area contributed by atoms with Gasteiger partial charge in [0.2, 0.25) is 5.82 Å². The molecule has 1 heterocycles. The summed E-state index contributed by atoms with van der Waals surface area (Å²) < 4.78 is 40.1. The fourth-order valence-electron chi connectivity index (χ4n) is 2.08. The summed E-state index contributed by atoms with van der Waals surface area (Å²) >= 11 is 0. The largest absolute Gasteiger partial charge is 0.360 e. The maximum atomic E-state index is 13.0. The van der Waals surface area contributed by atoms with Crippen molar-refractivity contribution in [1.29, 1.82) is 5.26 Å². The topological polar surface area (TPSA) is 136 Å². The van der Waals surface area contributed by atoms with Gasteiger partial charge in [0.05, 0.1) is 10.6 Å². The highest BCUT2D eigenvalue weighted by Gasteiger charge is 2.14. The van der Waals surface area contributed by atoms with Crippen molar-refractivity contribution < 1.29 is 12.8 Å². The summed E-state index contributed by atoms with van der Waals surface area (Å²) in [5.74, 6) is -0.403. The number of halogens is 1. The SMILES string of the molecule is N#CC(=CNc1cccc(NS(=O)(=O)c2ccc(F)cc2)c1)c1nn[nH]n1. The number of aromatic nitrogens is 4. The minimum absolute atomic E-state index is 0.0639. The number of nitrogens with zero attached hydrogens (tertiary/aromatic N) is 4. The molecule has 0 bridgehead atoms. The Balaban J connectivity index is 1.78. The number of nitrogens with one attached hydrogen (secondary N) is 3. The summed E-state index contributed by atoms with van der Waals surface area (Å²) in [5.41, 5.74) is 0.947. The van der Waals surface area contributed by atoms with Crippen LogP contribution in [0.4, 0.5) is 15.8 Å². The molecule has 3 N–H and O–H groups in total. The second-order valence-corrected chi connectivity index (χ2v) is 6.87. The number of nitriles is 1. The van der Waals surface area contributed by atoms with Crippen LogP contribution < -0.4 is 10.0 Å². The molecule has 0 saturated carbocycles. The van der Waals surface area contributed by atoms with Crippen molar-refractivity contribution in [1.82, 2.24) is 20.6 Å². The van der Waals surface area contributed by atoms with E-state index in [9.17, 15) is 12.8 Å². The highest BCUT2D eigenvalue weighted by molar-refractivity contribution is 7.92. The predicted octanol–water partition coefficient (Wildman–Crippen LogP) is 2.12. The summed E-state index contributed by atoms with van der Waals surface area (Å²) in [6.07, 6.45) is 1.37. The molecule has 136 valence electrons. The third kappa shape index (κ3) is 4.44. The smallest absolute Gasteiger partial charge is 0.261 e. The van der Waals surface area contributed by atoms with Crippen LogP contribution in [0.25, 0.3) is 5.57 Å². The van der Waals surface area contributed by atoms with Crippen molar-refractivity contribution in [2.24, 2.45) is 0 Å². The molecule has 9 nitrogen and oxygen atoms in total. The molecule has 11 heteroatoms. The van der Waals surface area contributed by atoms with Gasteiger partial charge in [0.25, 0.3) is 10.0 Å². The quantitative estimate of drug-likeness (QED) is 0.553. The van der Waals surface area contributed by atoms with Crippen LogP contribution in [-0.4, -0.2) is 29.0 Å². The van der Waals surface area contributed by atoms with Gasteiger partial charge in [0.15, 0.2) is 0 Å². The first-order valence-electron chi connectivity index (χ1n) is 7.47. The van der Waals surface area contributed by atoms with Crippen LogP contribution in [0.5, 0.6) is 0 Å². The number of hydrogen-bond acceptors (Lipinski definition) is 7. The molecular weight excluding hydrogens is 373 g/mol. The lowest BCUT2D eigenvalue weighted by atomic mass is 10.2. The van der Waals surface area contributed by atoms with Gasteiger partial charge in [-0.25, -0.2) is 12.8 Å². The minimum atomic E-state index is -3.86. The van der Waals surface area contributed by atoms with E-state index in [0.717, 1.165) is 12.1 Å². The molecule has 1 aromatic heterocycles. The molecule has 0 aliphatic heterocycles. The maximum Gasteiger partial charge on any atom is 0.261 e. The Morgan fingerprint density at radius 2 is 1.93 bits per heavy atom. The number of rotatable bonds is 6. The average Bonchev–Trinajstić information content (AvgIpc) is 3.17. The van der Waals surface area contributed by atoms with Gasteiger partial charge < -0.3 is 5.32 Å². The molecule has 0 fully saturated rings. The van der Waals surface area contributed by atoms with E-state index >= 15 is 0 Å². The number of hydrogen-bond donors (Lipinski definition) is 3. The Kier molecular flexibility index (Phi) is 5.09. The van der Waals surface area contributed by atoms with E-state index in [1.807, 2.05) is 6.07 Å². The van der Waals surface area contributed by atoms with Crippen LogP contribution in [0.15, 0.2) is 59.6 Å². The third-order valence-electron chi connectivity index (χ3n) is 3.33. The Morgan fingerprint density at radius 1 is 1.19 bits per heavy atom. The zero-order chi connectivity index (χ0) is 19.3. The Bertz CT molecular complexity index is 1100. The zero-order valence-corrected chi connectivity index (χ0v) is 14.4. The maximum absolute atomic E-state index is 13.0. The summed E-state index contributed by atoms with van der Waals surface area (Å²) in [6.45, 7) is 0. The lowest BCUT2D eigenvalue weighted by Gasteiger charge is -2.09. The van der Waals surface area contributed by atoms with Gasteiger partial charge in [-0.05, 0) is 47.7 Å². The van der Waals surface area contributed by atoms with E-state index in [1.165, 1.54) is 24.4 Å². The van der Waals surface area contributed by atoms with Crippen LogP contribution in [-0.2, 0) is 10.0 Å². The van der Waals surface area contributed by atoms with Crippen molar-refractivity contribution in [2.75, 3.05) is 10.0 Å². The molecule has 0 spiro atoms. The van der Waals surface area contributed by atoms with Crippen LogP contribution in [0, 0.1) is 17.1 Å². The van der Waals surface area contributed by atoms with Crippen LogP contribution in [0.1, 0.15) is 5.82 Å². The van der Waals surface area contributed by atoms with E-state index < -0.39 is 15.8 Å². The number of benzene rings is 2. The normalized spacial score (nSPS) is 11.6. The van der Waals surface area contributed by atoms with Crippen LogP contribution >= 0.6 is 0 Å². The van der Waals surface area contributed by atoms with Crippen molar-refractivity contribution in [3.8, 4) is 6.07 Å². The van der Waals surface area contributed by atoms with Crippen molar-refractivity contribution >= 4 is 27.0 Å². The fourth-order valence-corrected chi connectivity index (χ4v) is 3.13. The molecule has 3 aromatic rings. The predicted molar refractivity (Wildman–Crippen MR) is 95.0 cm³/mol. The van der Waals surface area contributed by atoms with E-state index in [1.54, 1.807) is 18.2 Å². The van der Waals surface area contributed by atoms with Crippen molar-refractivity contribution in [3.05, 3.63) is 66.4 Å². The van der Waals surface area contributed by atoms with Crippen LogP contribution in [0.2, 0.25) is 0 Å². The van der Waals surface area contributed by atoms with E-state index in [0.29, 0.717) is 5.69 Å². The van der Waals surface area contributed by atoms with E-state index in [4.69, 9.17) is 5.26 Å². The first-order chi connectivity index (χ1) is 13.0. The lowest BCUT2D eigenvalue weighted by molar-refractivity contribution is 0.599. The second-order valence-electron chi connectivity index (χ2n) is 5.19. The van der Waals surface area contributed by atoms with Crippen molar-refractivity contribution in [3.63, 3.8) is 0 Å². The highest BCUT2D eigenvalue weighted by Crippen LogP contribution is 2.20. The molecule has 0 amide bonds. The third-order valence-corrected chi connectivity index (χ3v) is 4.73. The van der Waals surface area contributed by atoms with Gasteiger partial charge >= 0.3 is 0 Å². The van der Waals surface area contributed by atoms with Gasteiger partial charge in [0.1, 0.15) is 17.5 Å². The number of tetrazole rings is 1. The van der Waals surface area contributed by atoms with Gasteiger partial charge in [-0.1, -0.05) is 6.07 Å². The Labute approximate surface area is 153 Å². The molecule has 0 saturated heterocycles. The average molecular weight is 385 g/mol. The molecule has 3 rings (SSSR count). The first kappa shape index (κ1) is 18.0. The number of H-pyrrole nitrogens is 1. The molecule has 27 heavy (non-hydrogen) atoms. The van der Waals surface area contributed by atoms with E-state index in [-0.39, 0.29) is 22.0 Å². The lowest BCUT2D eigenvalue weighted by Crippen LogP contribution is -2.13. The first-order valence-corrected chi connectivity index (χ1v) is 8.95. The summed E-state index contributed by atoms with van der Waals surface area (Å²) in [4.78, 5) is -0.0639. The van der Waals surface area contributed by atoms with Crippen LogP contribution in [0.3, 0.4) is 0 Å². The second kappa shape index (κ2) is 7.63. The molecule has 0 aliphatic rings. The minimum Gasteiger partial charge on any atom is -0.360 e. The van der Waals surface area contributed by atoms with Gasteiger partial charge in [-0.2, -0.15) is 10.5 Å². The molecule has 2 aromatic carbocycles. The summed E-state index contributed by atoms with van der Waals surface area (Å²) in [7, 11) is -3.86. The number of allylic oxidation sites excluding steroid dienone is 1. The molecule has 0 aliphatic carbocycles. The molecule has 0 radical (unpaired) electrons. The fraction of sp³-hybridized carbons (Fsp3) is 0. The van der Waals surface area contributed by atoms with E-state index in [2.05, 4.69) is 30.7 Å². The van der Waals surface area contributed by atoms with Gasteiger partial charge in [0, 0.05) is 11.9 Å². The van der Waals surface area contributed by atoms with Crippen molar-refractivity contribution in [2.45, 2.75) is 4.90 Å². The summed E-state index contributed by atoms with van der Waals surface area (Å²) in [5, 5.41) is 25.0. The zero-order valence-electron chi connectivity index (χ0n) is 13.6. The molecule has 0 unspecified atom stereocenters.